The number of nitrogens with one attached hydrogen (secondary N) is 2. The Bertz CT molecular complexity index is 157. The lowest BCUT2D eigenvalue weighted by atomic mass is 9.99. The van der Waals surface area contributed by atoms with Crippen LogP contribution in [0.4, 0.5) is 0 Å². The zero-order chi connectivity index (χ0) is 9.10. The zero-order valence-corrected chi connectivity index (χ0v) is 8.38. The molecule has 2 N–H and O–H groups in total. The topological polar surface area (TPSA) is 33.3 Å². The second-order valence-electron chi connectivity index (χ2n) is 4.30. The van der Waals surface area contributed by atoms with Crippen LogP contribution in [0, 0.1) is 0 Å². The first kappa shape index (κ1) is 9.44. The fourth-order valence-electron chi connectivity index (χ4n) is 2.28. The van der Waals surface area contributed by atoms with Gasteiger partial charge < -0.3 is 15.4 Å². The highest BCUT2D eigenvalue weighted by Gasteiger charge is 2.23. The summed E-state index contributed by atoms with van der Waals surface area (Å²) in [5.41, 5.74) is 0. The summed E-state index contributed by atoms with van der Waals surface area (Å²) in [6.45, 7) is 5.28. The Hall–Kier alpha value is -0.120. The third-order valence-electron chi connectivity index (χ3n) is 3.02. The van der Waals surface area contributed by atoms with Crippen LogP contribution in [0.2, 0.25) is 0 Å². The van der Waals surface area contributed by atoms with Crippen molar-refractivity contribution in [2.45, 2.75) is 44.3 Å². The molecule has 0 saturated carbocycles. The van der Waals surface area contributed by atoms with E-state index in [0.717, 1.165) is 19.8 Å². The van der Waals surface area contributed by atoms with E-state index < -0.39 is 0 Å². The average molecular weight is 184 g/mol. The van der Waals surface area contributed by atoms with Gasteiger partial charge in [0.25, 0.3) is 0 Å². The molecular formula is C10H20N2O. The summed E-state index contributed by atoms with van der Waals surface area (Å²) < 4.78 is 5.35. The summed E-state index contributed by atoms with van der Waals surface area (Å²) in [4.78, 5) is 0. The maximum atomic E-state index is 5.35. The van der Waals surface area contributed by atoms with E-state index in [1.807, 2.05) is 0 Å². The Morgan fingerprint density at radius 3 is 2.92 bits per heavy atom. The summed E-state index contributed by atoms with van der Waals surface area (Å²) >= 11 is 0. The summed E-state index contributed by atoms with van der Waals surface area (Å²) in [6, 6.07) is 2.01. The molecule has 3 heteroatoms. The Kier molecular flexibility index (Phi) is 3.19. The maximum absolute atomic E-state index is 5.35. The third kappa shape index (κ3) is 2.66. The number of hydrogen-bond donors (Lipinski definition) is 2. The molecule has 2 saturated heterocycles. The van der Waals surface area contributed by atoms with Crippen molar-refractivity contribution < 1.29 is 4.74 Å². The van der Waals surface area contributed by atoms with Gasteiger partial charge in [-0.25, -0.2) is 0 Å². The van der Waals surface area contributed by atoms with Crippen molar-refractivity contribution in [1.29, 1.82) is 0 Å². The molecule has 0 amide bonds. The van der Waals surface area contributed by atoms with Crippen LogP contribution < -0.4 is 10.6 Å². The molecule has 2 fully saturated rings. The van der Waals surface area contributed by atoms with Crippen molar-refractivity contribution in [1.82, 2.24) is 10.6 Å². The van der Waals surface area contributed by atoms with Gasteiger partial charge in [-0.1, -0.05) is 0 Å². The van der Waals surface area contributed by atoms with Crippen molar-refractivity contribution >= 4 is 0 Å². The van der Waals surface area contributed by atoms with E-state index in [0.29, 0.717) is 18.1 Å². The van der Waals surface area contributed by atoms with E-state index in [4.69, 9.17) is 4.74 Å². The predicted molar refractivity (Wildman–Crippen MR) is 52.8 cm³/mol. The Labute approximate surface area is 80.2 Å². The van der Waals surface area contributed by atoms with E-state index >= 15 is 0 Å². The molecule has 76 valence electrons. The van der Waals surface area contributed by atoms with Crippen LogP contribution in [0.3, 0.4) is 0 Å². The molecule has 3 atom stereocenters. The SMILES string of the molecule is C[C@H]1C[C@@H](N[C@H]2CCOC2)CCN1. The van der Waals surface area contributed by atoms with E-state index in [-0.39, 0.29) is 0 Å². The lowest BCUT2D eigenvalue weighted by molar-refractivity contribution is 0.185. The van der Waals surface area contributed by atoms with E-state index in [1.54, 1.807) is 0 Å². The van der Waals surface area contributed by atoms with Gasteiger partial charge in [-0.05, 0) is 32.7 Å². The number of hydrogen-bond acceptors (Lipinski definition) is 3. The highest BCUT2D eigenvalue weighted by molar-refractivity contribution is 4.83. The van der Waals surface area contributed by atoms with Gasteiger partial charge in [0.05, 0.1) is 6.61 Å². The molecule has 0 spiro atoms. The Morgan fingerprint density at radius 2 is 2.23 bits per heavy atom. The van der Waals surface area contributed by atoms with Crippen LogP contribution in [-0.2, 0) is 4.74 Å². The summed E-state index contributed by atoms with van der Waals surface area (Å²) in [5, 5.41) is 7.15. The molecule has 3 nitrogen and oxygen atoms in total. The highest BCUT2D eigenvalue weighted by Crippen LogP contribution is 2.12. The molecule has 0 aromatic rings. The Balaban J connectivity index is 1.73. The molecule has 0 aliphatic carbocycles. The minimum absolute atomic E-state index is 0.621. The first-order valence-electron chi connectivity index (χ1n) is 5.42. The lowest BCUT2D eigenvalue weighted by Gasteiger charge is -2.30. The van der Waals surface area contributed by atoms with Gasteiger partial charge >= 0.3 is 0 Å². The average Bonchev–Trinajstić information content (AvgIpc) is 2.57. The standard InChI is InChI=1S/C10H20N2O/c1-8-6-9(2-4-11-8)12-10-3-5-13-7-10/h8-12H,2-7H2,1H3/t8-,9-,10-/m0/s1. The van der Waals surface area contributed by atoms with Gasteiger partial charge in [0.2, 0.25) is 0 Å². The van der Waals surface area contributed by atoms with E-state index in [9.17, 15) is 0 Å². The van der Waals surface area contributed by atoms with Gasteiger partial charge in [-0.15, -0.1) is 0 Å². The van der Waals surface area contributed by atoms with Gasteiger partial charge in [0.1, 0.15) is 0 Å². The van der Waals surface area contributed by atoms with Gasteiger partial charge in [-0.3, -0.25) is 0 Å². The summed E-state index contributed by atoms with van der Waals surface area (Å²) in [6.07, 6.45) is 3.72. The molecular weight excluding hydrogens is 164 g/mol. The van der Waals surface area contributed by atoms with Crippen molar-refractivity contribution in [3.63, 3.8) is 0 Å². The minimum Gasteiger partial charge on any atom is -0.380 e. The maximum Gasteiger partial charge on any atom is 0.0620 e. The smallest absolute Gasteiger partial charge is 0.0620 e. The van der Waals surface area contributed by atoms with Crippen LogP contribution in [0.1, 0.15) is 26.2 Å². The number of piperidine rings is 1. The number of rotatable bonds is 2. The van der Waals surface area contributed by atoms with Crippen molar-refractivity contribution in [3.05, 3.63) is 0 Å². The van der Waals surface area contributed by atoms with Crippen LogP contribution in [0.25, 0.3) is 0 Å². The van der Waals surface area contributed by atoms with Gasteiger partial charge in [-0.2, -0.15) is 0 Å². The Morgan fingerprint density at radius 1 is 1.31 bits per heavy atom. The first-order valence-corrected chi connectivity index (χ1v) is 5.42. The molecule has 0 unspecified atom stereocenters. The molecule has 2 heterocycles. The fraction of sp³-hybridized carbons (Fsp3) is 1.00. The predicted octanol–water partition coefficient (Wildman–Crippen LogP) is 0.505. The molecule has 0 radical (unpaired) electrons. The third-order valence-corrected chi connectivity index (χ3v) is 3.02. The molecule has 2 rings (SSSR count). The highest BCUT2D eigenvalue weighted by atomic mass is 16.5. The molecule has 0 aromatic heterocycles. The zero-order valence-electron chi connectivity index (χ0n) is 8.38. The van der Waals surface area contributed by atoms with Crippen molar-refractivity contribution in [3.8, 4) is 0 Å². The van der Waals surface area contributed by atoms with Crippen LogP contribution >= 0.6 is 0 Å². The normalized spacial score (nSPS) is 40.8. The fourth-order valence-corrected chi connectivity index (χ4v) is 2.28. The molecule has 2 aliphatic heterocycles. The number of ether oxygens (including phenoxy) is 1. The van der Waals surface area contributed by atoms with E-state index in [2.05, 4.69) is 17.6 Å². The van der Waals surface area contributed by atoms with Crippen LogP contribution in [0.5, 0.6) is 0 Å². The van der Waals surface area contributed by atoms with Gasteiger partial charge in [0.15, 0.2) is 0 Å². The summed E-state index contributed by atoms with van der Waals surface area (Å²) in [5.74, 6) is 0. The van der Waals surface area contributed by atoms with E-state index in [1.165, 1.54) is 19.3 Å². The second kappa shape index (κ2) is 4.40. The molecule has 13 heavy (non-hydrogen) atoms. The second-order valence-corrected chi connectivity index (χ2v) is 4.30. The molecule has 0 aromatic carbocycles. The van der Waals surface area contributed by atoms with Crippen LogP contribution in [-0.4, -0.2) is 37.9 Å². The largest absolute Gasteiger partial charge is 0.380 e. The van der Waals surface area contributed by atoms with Crippen molar-refractivity contribution in [2.24, 2.45) is 0 Å². The summed E-state index contributed by atoms with van der Waals surface area (Å²) in [7, 11) is 0. The minimum atomic E-state index is 0.621. The first-order chi connectivity index (χ1) is 6.34. The van der Waals surface area contributed by atoms with Crippen molar-refractivity contribution in [2.75, 3.05) is 19.8 Å². The van der Waals surface area contributed by atoms with Crippen LogP contribution in [0.15, 0.2) is 0 Å². The monoisotopic (exact) mass is 184 g/mol. The molecule has 2 aliphatic rings. The van der Waals surface area contributed by atoms with Gasteiger partial charge in [0, 0.05) is 24.7 Å². The molecule has 0 bridgehead atoms. The quantitative estimate of drug-likeness (QED) is 0.656. The lowest BCUT2D eigenvalue weighted by Crippen LogP contribution is -2.48.